The van der Waals surface area contributed by atoms with Crippen LogP contribution < -0.4 is 5.32 Å². The molecule has 0 saturated heterocycles. The fourth-order valence-corrected chi connectivity index (χ4v) is 3.82. The number of hydrogen-bond acceptors (Lipinski definition) is 3. The van der Waals surface area contributed by atoms with E-state index < -0.39 is 34.8 Å². The van der Waals surface area contributed by atoms with Gasteiger partial charge < -0.3 is 5.32 Å². The van der Waals surface area contributed by atoms with E-state index in [0.717, 1.165) is 5.75 Å². The first-order valence-corrected chi connectivity index (χ1v) is 9.54. The highest BCUT2D eigenvalue weighted by Gasteiger charge is 2.27. The van der Waals surface area contributed by atoms with Crippen LogP contribution in [0.4, 0.5) is 27.6 Å². The first-order chi connectivity index (χ1) is 13.3. The van der Waals surface area contributed by atoms with E-state index in [1.54, 1.807) is 36.4 Å². The summed E-state index contributed by atoms with van der Waals surface area (Å²) in [7, 11) is 0. The Morgan fingerprint density at radius 2 is 1.57 bits per heavy atom. The van der Waals surface area contributed by atoms with Gasteiger partial charge in [0.25, 0.3) is 0 Å². The van der Waals surface area contributed by atoms with Crippen molar-refractivity contribution in [3.8, 4) is 0 Å². The molecule has 1 heterocycles. The summed E-state index contributed by atoms with van der Waals surface area (Å²) in [6.07, 6.45) is 1.56. The number of anilines is 1. The van der Waals surface area contributed by atoms with Crippen LogP contribution in [-0.2, 0) is 0 Å². The van der Waals surface area contributed by atoms with Crippen molar-refractivity contribution in [3.05, 3.63) is 71.1 Å². The van der Waals surface area contributed by atoms with Crippen molar-refractivity contribution in [2.45, 2.75) is 19.9 Å². The normalized spacial score (nSPS) is 17.2. The van der Waals surface area contributed by atoms with Crippen LogP contribution in [-0.4, -0.2) is 16.8 Å². The van der Waals surface area contributed by atoms with E-state index in [2.05, 4.69) is 10.3 Å². The van der Waals surface area contributed by atoms with Crippen LogP contribution in [0.25, 0.3) is 5.70 Å². The van der Waals surface area contributed by atoms with E-state index in [1.165, 1.54) is 11.8 Å². The molecule has 148 valence electrons. The lowest BCUT2D eigenvalue weighted by Gasteiger charge is -2.14. The van der Waals surface area contributed by atoms with Gasteiger partial charge in [0.1, 0.15) is 5.69 Å². The van der Waals surface area contributed by atoms with Crippen molar-refractivity contribution >= 4 is 28.2 Å². The third-order valence-electron chi connectivity index (χ3n) is 4.29. The van der Waals surface area contributed by atoms with Crippen molar-refractivity contribution in [1.82, 2.24) is 0 Å². The van der Waals surface area contributed by atoms with Gasteiger partial charge in [0, 0.05) is 11.4 Å². The molecule has 0 amide bonds. The molecular formula is C20H17F5N2S. The van der Waals surface area contributed by atoms with Crippen molar-refractivity contribution in [2.24, 2.45) is 10.9 Å². The third kappa shape index (κ3) is 4.06. The van der Waals surface area contributed by atoms with Gasteiger partial charge >= 0.3 is 0 Å². The van der Waals surface area contributed by atoms with E-state index >= 15 is 0 Å². The Morgan fingerprint density at radius 3 is 2.11 bits per heavy atom. The second-order valence-corrected chi connectivity index (χ2v) is 7.62. The number of hydrogen-bond donors (Lipinski definition) is 1. The van der Waals surface area contributed by atoms with Gasteiger partial charge in [0.05, 0.1) is 11.1 Å². The smallest absolute Gasteiger partial charge is 0.200 e. The molecule has 2 aromatic carbocycles. The van der Waals surface area contributed by atoms with Crippen molar-refractivity contribution in [1.29, 1.82) is 0 Å². The highest BCUT2D eigenvalue weighted by Crippen LogP contribution is 2.31. The van der Waals surface area contributed by atoms with E-state index in [4.69, 9.17) is 0 Å². The summed E-state index contributed by atoms with van der Waals surface area (Å²) in [4.78, 5) is 4.56. The minimum Gasteiger partial charge on any atom is -0.350 e. The van der Waals surface area contributed by atoms with Gasteiger partial charge in [-0.1, -0.05) is 44.2 Å². The molecule has 0 bridgehead atoms. The molecule has 0 fully saturated rings. The fraction of sp³-hybridized carbons (Fsp3) is 0.250. The molecule has 8 heteroatoms. The van der Waals surface area contributed by atoms with Crippen LogP contribution in [0, 0.1) is 35.0 Å². The number of nitrogens with zero attached hydrogens (tertiary/aromatic N) is 1. The molecule has 2 nitrogen and oxygen atoms in total. The summed E-state index contributed by atoms with van der Waals surface area (Å²) in [5.41, 5.74) is -0.405. The molecule has 0 radical (unpaired) electrons. The molecule has 0 saturated carbocycles. The average molecular weight is 412 g/mol. The molecule has 28 heavy (non-hydrogen) atoms. The number of halogens is 5. The molecule has 1 aliphatic heterocycles. The Labute approximate surface area is 163 Å². The molecule has 0 spiro atoms. The summed E-state index contributed by atoms with van der Waals surface area (Å²) in [6, 6.07) is 8.56. The number of benzene rings is 2. The Balaban J connectivity index is 2.06. The van der Waals surface area contributed by atoms with E-state index in [1.807, 2.05) is 13.8 Å². The highest BCUT2D eigenvalue weighted by molar-refractivity contribution is 8.14. The second-order valence-electron chi connectivity index (χ2n) is 6.58. The van der Waals surface area contributed by atoms with Crippen LogP contribution in [0.15, 0.2) is 41.4 Å². The maximum absolute atomic E-state index is 14.1. The number of rotatable bonds is 5. The lowest BCUT2D eigenvalue weighted by atomic mass is 10.1. The van der Waals surface area contributed by atoms with Crippen molar-refractivity contribution in [2.75, 3.05) is 11.1 Å². The number of nitrogens with one attached hydrogen (secondary N) is 1. The molecule has 3 rings (SSSR count). The van der Waals surface area contributed by atoms with Crippen LogP contribution in [0.1, 0.15) is 19.4 Å². The minimum absolute atomic E-state index is 0.0995. The molecule has 1 N–H and O–H groups in total. The van der Waals surface area contributed by atoms with E-state index in [9.17, 15) is 22.0 Å². The van der Waals surface area contributed by atoms with Gasteiger partial charge in [-0.25, -0.2) is 22.0 Å². The minimum atomic E-state index is -2.19. The van der Waals surface area contributed by atoms with Crippen LogP contribution in [0.2, 0.25) is 0 Å². The third-order valence-corrected chi connectivity index (χ3v) is 5.31. The molecule has 0 aliphatic carbocycles. The van der Waals surface area contributed by atoms with Crippen molar-refractivity contribution < 1.29 is 22.0 Å². The summed E-state index contributed by atoms with van der Waals surface area (Å²) in [5.74, 6) is -8.95. The quantitative estimate of drug-likeness (QED) is 0.370. The lowest BCUT2D eigenvalue weighted by Crippen LogP contribution is -2.11. The second kappa shape index (κ2) is 8.34. The predicted molar refractivity (Wildman–Crippen MR) is 103 cm³/mol. The fourth-order valence-electron chi connectivity index (χ4n) is 2.61. The van der Waals surface area contributed by atoms with Gasteiger partial charge in [-0.15, -0.1) is 11.8 Å². The zero-order valence-electron chi connectivity index (χ0n) is 15.1. The molecule has 1 atom stereocenters. The summed E-state index contributed by atoms with van der Waals surface area (Å²) in [6.45, 7) is 4.07. The first-order valence-electron chi connectivity index (χ1n) is 8.55. The topological polar surface area (TPSA) is 24.4 Å². The van der Waals surface area contributed by atoms with E-state index in [0.29, 0.717) is 16.5 Å². The maximum Gasteiger partial charge on any atom is 0.200 e. The molecule has 1 unspecified atom stereocenters. The van der Waals surface area contributed by atoms with Crippen LogP contribution >= 0.6 is 11.8 Å². The van der Waals surface area contributed by atoms with Gasteiger partial charge in [-0.05, 0) is 17.6 Å². The lowest BCUT2D eigenvalue weighted by molar-refractivity contribution is 0.382. The number of aliphatic imine (C=N–C) groups is 1. The summed E-state index contributed by atoms with van der Waals surface area (Å²) < 4.78 is 68.6. The zero-order valence-corrected chi connectivity index (χ0v) is 15.9. The molecule has 0 aromatic heterocycles. The maximum atomic E-state index is 14.1. The zero-order chi connectivity index (χ0) is 20.4. The largest absolute Gasteiger partial charge is 0.350 e. The summed E-state index contributed by atoms with van der Waals surface area (Å²) in [5, 5.41) is 3.00. The van der Waals surface area contributed by atoms with Gasteiger partial charge in [0.2, 0.25) is 5.82 Å². The molecular weight excluding hydrogens is 395 g/mol. The average Bonchev–Trinajstić information content (AvgIpc) is 3.17. The SMILES string of the molecule is CC(C)C1CSC(C=C(Nc2c(F)c(F)c(F)c(F)c2F)c2ccccc2)=N1. The van der Waals surface area contributed by atoms with E-state index in [-0.39, 0.29) is 11.7 Å². The Kier molecular flexibility index (Phi) is 6.07. The van der Waals surface area contributed by atoms with Crippen molar-refractivity contribution in [3.63, 3.8) is 0 Å². The highest BCUT2D eigenvalue weighted by atomic mass is 32.2. The van der Waals surface area contributed by atoms with Gasteiger partial charge in [-0.3, -0.25) is 4.99 Å². The van der Waals surface area contributed by atoms with Crippen LogP contribution in [0.5, 0.6) is 0 Å². The Hall–Kier alpha value is -2.35. The first kappa shape index (κ1) is 20.4. The number of thioether (sulfide) groups is 1. The van der Waals surface area contributed by atoms with Gasteiger partial charge in [0.15, 0.2) is 23.3 Å². The molecule has 2 aromatic rings. The molecule has 1 aliphatic rings. The summed E-state index contributed by atoms with van der Waals surface area (Å²) >= 11 is 1.47. The van der Waals surface area contributed by atoms with Gasteiger partial charge in [-0.2, -0.15) is 0 Å². The standard InChI is InChI=1S/C20H17F5N2S/c1-10(2)13-9-28-14(26-13)8-12(11-6-4-3-5-7-11)27-20-18(24)16(22)15(21)17(23)19(20)25/h3-8,10,13,27H,9H2,1-2H3. The van der Waals surface area contributed by atoms with Crippen LogP contribution in [0.3, 0.4) is 0 Å². The predicted octanol–water partition coefficient (Wildman–Crippen LogP) is 6.01. The monoisotopic (exact) mass is 412 g/mol. The Morgan fingerprint density at radius 1 is 1.00 bits per heavy atom. The Bertz CT molecular complexity index is 912.